The van der Waals surface area contributed by atoms with Gasteiger partial charge in [-0.05, 0) is 55.1 Å². The molecular weight excluding hydrogens is 405 g/mol. The summed E-state index contributed by atoms with van der Waals surface area (Å²) in [6.07, 6.45) is 2.44. The second kappa shape index (κ2) is 10.9. The summed E-state index contributed by atoms with van der Waals surface area (Å²) in [5, 5.41) is 27.3. The van der Waals surface area contributed by atoms with Gasteiger partial charge in [0.1, 0.15) is 6.04 Å². The van der Waals surface area contributed by atoms with Crippen LogP contribution in [0.2, 0.25) is 0 Å². The third-order valence-corrected chi connectivity index (χ3v) is 6.17. The molecule has 0 radical (unpaired) electrons. The van der Waals surface area contributed by atoms with Gasteiger partial charge in [0.2, 0.25) is 11.8 Å². The van der Waals surface area contributed by atoms with Gasteiger partial charge in [-0.15, -0.1) is 0 Å². The van der Waals surface area contributed by atoms with Crippen molar-refractivity contribution in [3.05, 3.63) is 48.0 Å². The molecule has 0 aliphatic carbocycles. The van der Waals surface area contributed by atoms with Gasteiger partial charge in [0, 0.05) is 6.42 Å². The number of rotatable bonds is 9. The van der Waals surface area contributed by atoms with Crippen LogP contribution in [0.15, 0.2) is 42.5 Å². The fourth-order valence-electron chi connectivity index (χ4n) is 4.46. The van der Waals surface area contributed by atoms with Crippen molar-refractivity contribution in [3.63, 3.8) is 0 Å². The Bertz CT molecular complexity index is 931. The van der Waals surface area contributed by atoms with Gasteiger partial charge in [0.25, 0.3) is 0 Å². The highest BCUT2D eigenvalue weighted by atomic mass is 16.4. The molecule has 8 heteroatoms. The summed E-state index contributed by atoms with van der Waals surface area (Å²) < 4.78 is 0. The second-order valence-electron chi connectivity index (χ2n) is 9.20. The first-order valence-corrected chi connectivity index (χ1v) is 11.4. The molecule has 1 saturated heterocycles. The number of amides is 2. The summed E-state index contributed by atoms with van der Waals surface area (Å²) in [6.45, 7) is 4.76. The maximum absolute atomic E-state index is 13.3. The van der Waals surface area contributed by atoms with Crippen molar-refractivity contribution in [2.24, 2.45) is 5.92 Å². The first kappa shape index (κ1) is 24.2. The monoisotopic (exact) mass is 439 g/mol. The molecule has 32 heavy (non-hydrogen) atoms. The number of likely N-dealkylation sites (tertiary alicyclic amines) is 1. The lowest BCUT2D eigenvalue weighted by Crippen LogP contribution is -2.56. The SMILES string of the molecule is CC(C)C[C@H](NC(=O)[C@H](Cc1cccc2ccccc12)NC(=O)[C@@H]1CCCN1C)B(O)O. The summed E-state index contributed by atoms with van der Waals surface area (Å²) in [4.78, 5) is 28.2. The van der Waals surface area contributed by atoms with E-state index in [-0.39, 0.29) is 17.9 Å². The standard InChI is InChI=1S/C24H34BN3O4/c1-16(2)14-22(25(31)32)27-23(29)20(26-24(30)21-12-7-13-28(21)3)15-18-10-6-9-17-8-4-5-11-19(17)18/h4-6,8-11,16,20-22,31-32H,7,12-15H2,1-3H3,(H,26,30)(H,27,29)/t20-,21-,22-/m0/s1. The third kappa shape index (κ3) is 6.09. The summed E-state index contributed by atoms with van der Waals surface area (Å²) in [7, 11) is 0.244. The maximum atomic E-state index is 13.3. The summed E-state index contributed by atoms with van der Waals surface area (Å²) >= 11 is 0. The Kier molecular flexibility index (Phi) is 8.29. The highest BCUT2D eigenvalue weighted by Crippen LogP contribution is 2.21. The molecule has 1 aliphatic rings. The average molecular weight is 439 g/mol. The van der Waals surface area contributed by atoms with E-state index >= 15 is 0 Å². The Morgan fingerprint density at radius 3 is 2.50 bits per heavy atom. The van der Waals surface area contributed by atoms with E-state index in [0.717, 1.165) is 35.7 Å². The Hall–Kier alpha value is -2.42. The molecule has 1 heterocycles. The number of benzene rings is 2. The van der Waals surface area contributed by atoms with Gasteiger partial charge in [-0.1, -0.05) is 56.3 Å². The van der Waals surface area contributed by atoms with Crippen molar-refractivity contribution in [1.82, 2.24) is 15.5 Å². The smallest absolute Gasteiger partial charge is 0.426 e. The summed E-state index contributed by atoms with van der Waals surface area (Å²) in [6, 6.07) is 12.8. The van der Waals surface area contributed by atoms with Crippen molar-refractivity contribution in [3.8, 4) is 0 Å². The molecule has 2 aromatic carbocycles. The zero-order valence-corrected chi connectivity index (χ0v) is 19.1. The van der Waals surface area contributed by atoms with Crippen LogP contribution < -0.4 is 10.6 Å². The summed E-state index contributed by atoms with van der Waals surface area (Å²) in [5.41, 5.74) is 0.952. The van der Waals surface area contributed by atoms with Crippen LogP contribution in [0.5, 0.6) is 0 Å². The predicted molar refractivity (Wildman–Crippen MR) is 127 cm³/mol. The topological polar surface area (TPSA) is 102 Å². The molecule has 3 rings (SSSR count). The van der Waals surface area contributed by atoms with E-state index in [9.17, 15) is 19.6 Å². The summed E-state index contributed by atoms with van der Waals surface area (Å²) in [5.74, 6) is -1.22. The van der Waals surface area contributed by atoms with E-state index < -0.39 is 25.0 Å². The van der Waals surface area contributed by atoms with E-state index in [1.54, 1.807) is 0 Å². The van der Waals surface area contributed by atoms with Gasteiger partial charge < -0.3 is 20.7 Å². The van der Waals surface area contributed by atoms with Gasteiger partial charge in [-0.25, -0.2) is 0 Å². The van der Waals surface area contributed by atoms with Crippen molar-refractivity contribution in [2.75, 3.05) is 13.6 Å². The average Bonchev–Trinajstić information content (AvgIpc) is 3.18. The number of likely N-dealkylation sites (N-methyl/N-ethyl adjacent to an activating group) is 1. The number of nitrogens with one attached hydrogen (secondary N) is 2. The minimum atomic E-state index is -1.67. The van der Waals surface area contributed by atoms with E-state index in [0.29, 0.717) is 12.8 Å². The lowest BCUT2D eigenvalue weighted by Gasteiger charge is -2.26. The quantitative estimate of drug-likeness (QED) is 0.444. The number of fused-ring (bicyclic) bond motifs is 1. The van der Waals surface area contributed by atoms with Gasteiger partial charge >= 0.3 is 7.12 Å². The van der Waals surface area contributed by atoms with Gasteiger partial charge in [-0.2, -0.15) is 0 Å². The zero-order chi connectivity index (χ0) is 23.3. The molecule has 0 spiro atoms. The van der Waals surface area contributed by atoms with Crippen LogP contribution in [-0.2, 0) is 16.0 Å². The molecule has 172 valence electrons. The molecular formula is C24H34BN3O4. The van der Waals surface area contributed by atoms with Gasteiger partial charge in [-0.3, -0.25) is 14.5 Å². The lowest BCUT2D eigenvalue weighted by atomic mass is 9.75. The van der Waals surface area contributed by atoms with Crippen LogP contribution in [0, 0.1) is 5.92 Å². The Labute approximate surface area is 190 Å². The molecule has 7 nitrogen and oxygen atoms in total. The fourth-order valence-corrected chi connectivity index (χ4v) is 4.46. The van der Waals surface area contributed by atoms with E-state index in [2.05, 4.69) is 10.6 Å². The maximum Gasteiger partial charge on any atom is 0.475 e. The third-order valence-electron chi connectivity index (χ3n) is 6.17. The first-order valence-electron chi connectivity index (χ1n) is 11.4. The Balaban J connectivity index is 1.84. The Morgan fingerprint density at radius 1 is 1.12 bits per heavy atom. The normalized spacial score (nSPS) is 18.5. The predicted octanol–water partition coefficient (Wildman–Crippen LogP) is 1.50. The first-order chi connectivity index (χ1) is 15.3. The fraction of sp³-hybridized carbons (Fsp3) is 0.500. The minimum absolute atomic E-state index is 0.167. The highest BCUT2D eigenvalue weighted by molar-refractivity contribution is 6.43. The number of carbonyl (C=O) groups excluding carboxylic acids is 2. The van der Waals surface area contributed by atoms with E-state index in [1.807, 2.05) is 68.3 Å². The molecule has 1 aliphatic heterocycles. The van der Waals surface area contributed by atoms with Crippen LogP contribution in [0.25, 0.3) is 10.8 Å². The van der Waals surface area contributed by atoms with Crippen molar-refractivity contribution in [1.29, 1.82) is 0 Å². The minimum Gasteiger partial charge on any atom is -0.426 e. The zero-order valence-electron chi connectivity index (χ0n) is 19.1. The molecule has 3 atom stereocenters. The van der Waals surface area contributed by atoms with Crippen molar-refractivity contribution < 1.29 is 19.6 Å². The molecule has 0 aromatic heterocycles. The van der Waals surface area contributed by atoms with Crippen LogP contribution >= 0.6 is 0 Å². The highest BCUT2D eigenvalue weighted by Gasteiger charge is 2.33. The molecule has 2 aromatic rings. The van der Waals surface area contributed by atoms with Crippen molar-refractivity contribution >= 4 is 29.7 Å². The van der Waals surface area contributed by atoms with Gasteiger partial charge in [0.05, 0.1) is 12.0 Å². The van der Waals surface area contributed by atoms with Crippen LogP contribution in [0.3, 0.4) is 0 Å². The van der Waals surface area contributed by atoms with Crippen LogP contribution in [0.4, 0.5) is 0 Å². The van der Waals surface area contributed by atoms with Crippen LogP contribution in [0.1, 0.15) is 38.7 Å². The number of hydrogen-bond acceptors (Lipinski definition) is 5. The number of nitrogens with zero attached hydrogens (tertiary/aromatic N) is 1. The molecule has 0 bridgehead atoms. The van der Waals surface area contributed by atoms with Crippen LogP contribution in [-0.4, -0.2) is 65.5 Å². The second-order valence-corrected chi connectivity index (χ2v) is 9.20. The molecule has 2 amide bonds. The molecule has 0 unspecified atom stereocenters. The van der Waals surface area contributed by atoms with E-state index in [4.69, 9.17) is 0 Å². The van der Waals surface area contributed by atoms with E-state index in [1.165, 1.54) is 0 Å². The Morgan fingerprint density at radius 2 is 1.84 bits per heavy atom. The molecule has 0 saturated carbocycles. The number of carbonyl (C=O) groups is 2. The lowest BCUT2D eigenvalue weighted by molar-refractivity contribution is -0.131. The number of hydrogen-bond donors (Lipinski definition) is 4. The largest absolute Gasteiger partial charge is 0.475 e. The van der Waals surface area contributed by atoms with Crippen molar-refractivity contribution in [2.45, 2.75) is 57.6 Å². The molecule has 1 fully saturated rings. The van der Waals surface area contributed by atoms with Gasteiger partial charge in [0.15, 0.2) is 0 Å². The molecule has 4 N–H and O–H groups in total.